The summed E-state index contributed by atoms with van der Waals surface area (Å²) in [5.74, 6) is -0.329. The summed E-state index contributed by atoms with van der Waals surface area (Å²) in [6.07, 6.45) is 0.791. The van der Waals surface area contributed by atoms with Crippen LogP contribution in [0.5, 0.6) is 0 Å². The van der Waals surface area contributed by atoms with E-state index in [0.29, 0.717) is 6.54 Å². The number of anilines is 1. The first kappa shape index (κ1) is 17.3. The summed E-state index contributed by atoms with van der Waals surface area (Å²) in [7, 11) is -3.88. The van der Waals surface area contributed by atoms with Gasteiger partial charge in [-0.3, -0.25) is 9.52 Å². The van der Waals surface area contributed by atoms with Crippen molar-refractivity contribution in [3.63, 3.8) is 0 Å². The summed E-state index contributed by atoms with van der Waals surface area (Å²) >= 11 is 5.95. The fraction of sp³-hybridized carbons (Fsp3) is 0.188. The highest BCUT2D eigenvalue weighted by molar-refractivity contribution is 7.92. The van der Waals surface area contributed by atoms with Crippen LogP contribution in [-0.2, 0) is 10.0 Å². The van der Waals surface area contributed by atoms with Crippen molar-refractivity contribution in [3.05, 3.63) is 59.1 Å². The smallest absolute Gasteiger partial charge is 0.263 e. The van der Waals surface area contributed by atoms with Crippen molar-refractivity contribution in [1.82, 2.24) is 5.32 Å². The van der Waals surface area contributed by atoms with E-state index < -0.39 is 10.0 Å². The molecule has 0 atom stereocenters. The molecule has 0 aliphatic heterocycles. The number of halogens is 1. The maximum Gasteiger partial charge on any atom is 0.263 e. The third-order valence-corrected chi connectivity index (χ3v) is 4.94. The Labute approximate surface area is 140 Å². The van der Waals surface area contributed by atoms with Gasteiger partial charge in [-0.05, 0) is 30.7 Å². The van der Waals surface area contributed by atoms with E-state index in [1.54, 1.807) is 30.3 Å². The van der Waals surface area contributed by atoms with Gasteiger partial charge in [0.05, 0.1) is 16.3 Å². The molecule has 2 aromatic rings. The van der Waals surface area contributed by atoms with E-state index in [0.717, 1.165) is 6.42 Å². The molecule has 0 aliphatic carbocycles. The number of carbonyl (C=O) groups excluding carboxylic acids is 1. The van der Waals surface area contributed by atoms with E-state index in [9.17, 15) is 13.2 Å². The van der Waals surface area contributed by atoms with Crippen LogP contribution in [0.15, 0.2) is 53.4 Å². The van der Waals surface area contributed by atoms with E-state index >= 15 is 0 Å². The molecule has 0 bridgehead atoms. The van der Waals surface area contributed by atoms with E-state index in [-0.39, 0.29) is 27.1 Å². The van der Waals surface area contributed by atoms with Gasteiger partial charge in [-0.2, -0.15) is 0 Å². The van der Waals surface area contributed by atoms with Crippen molar-refractivity contribution in [2.45, 2.75) is 18.2 Å². The third-order valence-electron chi connectivity index (χ3n) is 3.08. The van der Waals surface area contributed by atoms with Crippen molar-refractivity contribution in [1.29, 1.82) is 0 Å². The Morgan fingerprint density at radius 1 is 1.09 bits per heavy atom. The number of benzene rings is 2. The van der Waals surface area contributed by atoms with Crippen LogP contribution in [0.4, 0.5) is 5.69 Å². The van der Waals surface area contributed by atoms with Crippen LogP contribution in [0.3, 0.4) is 0 Å². The van der Waals surface area contributed by atoms with E-state index in [4.69, 9.17) is 11.6 Å². The predicted octanol–water partition coefficient (Wildman–Crippen LogP) is 3.28. The predicted molar refractivity (Wildman–Crippen MR) is 91.3 cm³/mol. The molecule has 0 spiro atoms. The summed E-state index contributed by atoms with van der Waals surface area (Å²) in [4.78, 5) is 12.1. The lowest BCUT2D eigenvalue weighted by molar-refractivity contribution is 0.0954. The number of sulfonamides is 1. The second-order valence-electron chi connectivity index (χ2n) is 4.84. The molecule has 0 aliphatic rings. The van der Waals surface area contributed by atoms with Gasteiger partial charge >= 0.3 is 0 Å². The summed E-state index contributed by atoms with van der Waals surface area (Å²) in [6, 6.07) is 12.6. The molecule has 2 rings (SSSR count). The van der Waals surface area contributed by atoms with Gasteiger partial charge < -0.3 is 5.32 Å². The van der Waals surface area contributed by atoms with E-state index in [1.165, 1.54) is 18.2 Å². The highest BCUT2D eigenvalue weighted by Gasteiger charge is 2.20. The zero-order chi connectivity index (χ0) is 16.9. The number of carbonyl (C=O) groups is 1. The van der Waals surface area contributed by atoms with Crippen LogP contribution >= 0.6 is 11.6 Å². The average Bonchev–Trinajstić information content (AvgIpc) is 2.53. The number of nitrogens with one attached hydrogen (secondary N) is 2. The molecule has 0 saturated heterocycles. The van der Waals surface area contributed by atoms with Crippen LogP contribution in [-0.4, -0.2) is 20.9 Å². The Morgan fingerprint density at radius 3 is 2.43 bits per heavy atom. The number of hydrogen-bond acceptors (Lipinski definition) is 3. The molecule has 0 radical (unpaired) electrons. The normalized spacial score (nSPS) is 11.0. The lowest BCUT2D eigenvalue weighted by Crippen LogP contribution is -2.25. The molecular weight excluding hydrogens is 336 g/mol. The van der Waals surface area contributed by atoms with Gasteiger partial charge in [0.25, 0.3) is 15.9 Å². The Kier molecular flexibility index (Phi) is 5.63. The molecule has 5 nitrogen and oxygen atoms in total. The second-order valence-corrected chi connectivity index (χ2v) is 6.90. The van der Waals surface area contributed by atoms with E-state index in [2.05, 4.69) is 10.0 Å². The SMILES string of the molecule is CCCNC(=O)c1ccccc1NS(=O)(=O)c1ccccc1Cl. The highest BCUT2D eigenvalue weighted by Crippen LogP contribution is 2.25. The van der Waals surface area contributed by atoms with E-state index in [1.807, 2.05) is 6.92 Å². The first-order valence-corrected chi connectivity index (χ1v) is 8.96. The van der Waals surface area contributed by atoms with Gasteiger partial charge in [0.2, 0.25) is 0 Å². The largest absolute Gasteiger partial charge is 0.352 e. The number of rotatable bonds is 6. The van der Waals surface area contributed by atoms with Crippen LogP contribution < -0.4 is 10.0 Å². The fourth-order valence-electron chi connectivity index (χ4n) is 1.97. The number of hydrogen-bond donors (Lipinski definition) is 2. The van der Waals surface area contributed by atoms with Crippen LogP contribution in [0.2, 0.25) is 5.02 Å². The molecule has 1 amide bonds. The standard InChI is InChI=1S/C16H17ClN2O3S/c1-2-11-18-16(20)12-7-3-5-9-14(12)19-23(21,22)15-10-6-4-8-13(15)17/h3-10,19H,2,11H2,1H3,(H,18,20). The summed E-state index contributed by atoms with van der Waals surface area (Å²) in [5.41, 5.74) is 0.470. The maximum atomic E-state index is 12.5. The van der Waals surface area contributed by atoms with Crippen molar-refractivity contribution < 1.29 is 13.2 Å². The molecule has 122 valence electrons. The maximum absolute atomic E-state index is 12.5. The monoisotopic (exact) mass is 352 g/mol. The van der Waals surface area contributed by atoms with Gasteiger partial charge in [-0.15, -0.1) is 0 Å². The number of amides is 1. The van der Waals surface area contributed by atoms with Crippen LogP contribution in [0, 0.1) is 0 Å². The average molecular weight is 353 g/mol. The highest BCUT2D eigenvalue weighted by atomic mass is 35.5. The summed E-state index contributed by atoms with van der Waals surface area (Å²) in [5, 5.41) is 2.84. The van der Waals surface area contributed by atoms with Gasteiger partial charge in [0.15, 0.2) is 0 Å². The van der Waals surface area contributed by atoms with Crippen molar-refractivity contribution in [3.8, 4) is 0 Å². The Balaban J connectivity index is 2.34. The molecule has 0 fully saturated rings. The molecule has 2 aromatic carbocycles. The minimum atomic E-state index is -3.88. The molecule has 0 heterocycles. The van der Waals surface area contributed by atoms with Gasteiger partial charge in [0.1, 0.15) is 4.90 Å². The minimum Gasteiger partial charge on any atom is -0.352 e. The molecule has 2 N–H and O–H groups in total. The van der Waals surface area contributed by atoms with Gasteiger partial charge in [-0.25, -0.2) is 8.42 Å². The Morgan fingerprint density at radius 2 is 1.74 bits per heavy atom. The third kappa shape index (κ3) is 4.24. The molecule has 0 saturated carbocycles. The number of para-hydroxylation sites is 1. The molecule has 7 heteroatoms. The zero-order valence-electron chi connectivity index (χ0n) is 12.5. The first-order chi connectivity index (χ1) is 11.0. The zero-order valence-corrected chi connectivity index (χ0v) is 14.1. The lowest BCUT2D eigenvalue weighted by atomic mass is 10.1. The Bertz CT molecular complexity index is 806. The quantitative estimate of drug-likeness (QED) is 0.837. The minimum absolute atomic E-state index is 0.0366. The van der Waals surface area contributed by atoms with Crippen molar-refractivity contribution in [2.24, 2.45) is 0 Å². The molecule has 0 aromatic heterocycles. The fourth-order valence-corrected chi connectivity index (χ4v) is 3.57. The first-order valence-electron chi connectivity index (χ1n) is 7.10. The lowest BCUT2D eigenvalue weighted by Gasteiger charge is -2.13. The Hall–Kier alpha value is -2.05. The topological polar surface area (TPSA) is 75.3 Å². The summed E-state index contributed by atoms with van der Waals surface area (Å²) < 4.78 is 27.4. The van der Waals surface area contributed by atoms with Gasteiger partial charge in [0, 0.05) is 6.54 Å². The molecular formula is C16H17ClN2O3S. The van der Waals surface area contributed by atoms with Crippen molar-refractivity contribution in [2.75, 3.05) is 11.3 Å². The second kappa shape index (κ2) is 7.48. The van der Waals surface area contributed by atoms with Crippen LogP contribution in [0.1, 0.15) is 23.7 Å². The van der Waals surface area contributed by atoms with Crippen molar-refractivity contribution >= 4 is 33.2 Å². The van der Waals surface area contributed by atoms with Crippen LogP contribution in [0.25, 0.3) is 0 Å². The molecule has 23 heavy (non-hydrogen) atoms. The van der Waals surface area contributed by atoms with Gasteiger partial charge in [-0.1, -0.05) is 42.8 Å². The molecule has 0 unspecified atom stereocenters. The summed E-state index contributed by atoms with van der Waals surface area (Å²) in [6.45, 7) is 2.46.